The van der Waals surface area contributed by atoms with Crippen LogP contribution in [0.3, 0.4) is 0 Å². The van der Waals surface area contributed by atoms with Gasteiger partial charge in [0.2, 0.25) is 0 Å². The molecular weight excluding hydrogens is 439 g/mol. The number of hydrogen-bond acceptors (Lipinski definition) is 6. The third-order valence-corrected chi connectivity index (χ3v) is 6.04. The van der Waals surface area contributed by atoms with Crippen LogP contribution in [0.4, 0.5) is 15.8 Å². The van der Waals surface area contributed by atoms with Crippen molar-refractivity contribution in [2.75, 3.05) is 24.8 Å². The number of halogens is 1. The van der Waals surface area contributed by atoms with E-state index in [4.69, 9.17) is 4.84 Å². The highest BCUT2D eigenvalue weighted by atomic mass is 32.2. The monoisotopic (exact) mass is 458 g/mol. The summed E-state index contributed by atoms with van der Waals surface area (Å²) < 4.78 is 39.3. The van der Waals surface area contributed by atoms with Gasteiger partial charge in [0.25, 0.3) is 21.8 Å². The molecule has 3 rings (SSSR count). The van der Waals surface area contributed by atoms with Gasteiger partial charge in [-0.05, 0) is 48.5 Å². The molecule has 0 spiro atoms. The fourth-order valence-electron chi connectivity index (χ4n) is 2.65. The molecule has 2 N–H and O–H groups in total. The second kappa shape index (κ2) is 9.64. The lowest BCUT2D eigenvalue weighted by atomic mass is 10.2. The van der Waals surface area contributed by atoms with Crippen molar-refractivity contribution in [2.24, 2.45) is 0 Å². The summed E-state index contributed by atoms with van der Waals surface area (Å²) in [7, 11) is -1.57. The maximum absolute atomic E-state index is 13.8. The molecule has 3 aromatic rings. The van der Waals surface area contributed by atoms with Crippen molar-refractivity contribution in [3.05, 3.63) is 83.9 Å². The van der Waals surface area contributed by atoms with Crippen molar-refractivity contribution in [2.45, 2.75) is 4.90 Å². The Morgan fingerprint density at radius 3 is 2.41 bits per heavy atom. The number of hydrogen-bond donors (Lipinski definition) is 2. The van der Waals surface area contributed by atoms with Crippen molar-refractivity contribution < 1.29 is 27.2 Å². The molecule has 0 radical (unpaired) electrons. The Bertz CT molecular complexity index is 1250. The number of benzene rings is 2. The van der Waals surface area contributed by atoms with Gasteiger partial charge in [0, 0.05) is 18.8 Å². The topological polar surface area (TPSA) is 118 Å². The lowest BCUT2D eigenvalue weighted by molar-refractivity contribution is -0.0258. The molecule has 0 bridgehead atoms. The molecule has 0 aliphatic heterocycles. The number of nitrogens with one attached hydrogen (secondary N) is 2. The highest BCUT2D eigenvalue weighted by Crippen LogP contribution is 2.25. The van der Waals surface area contributed by atoms with E-state index in [1.807, 2.05) is 0 Å². The van der Waals surface area contributed by atoms with Crippen LogP contribution in [-0.4, -0.2) is 43.8 Å². The maximum Gasteiger partial charge on any atom is 0.274 e. The molecule has 166 valence electrons. The lowest BCUT2D eigenvalue weighted by Crippen LogP contribution is -2.26. The number of carbonyl (C=O) groups is 2. The highest BCUT2D eigenvalue weighted by molar-refractivity contribution is 7.89. The van der Waals surface area contributed by atoms with Crippen LogP contribution in [-0.2, 0) is 14.9 Å². The fraction of sp³-hybridized carbons (Fsp3) is 0.0952. The van der Waals surface area contributed by atoms with Gasteiger partial charge in [0.05, 0.1) is 23.4 Å². The Hall–Kier alpha value is -3.67. The quantitative estimate of drug-likeness (QED) is 0.526. The first-order chi connectivity index (χ1) is 15.2. The van der Waals surface area contributed by atoms with Gasteiger partial charge >= 0.3 is 0 Å². The standard InChI is InChI=1S/C21H19FN4O5S/c1-26(31-2)32(29,30)16-7-5-6-14(12-16)20(27)25-19-13-15(22)9-10-17(19)24-21(28)18-8-3-4-11-23-18/h3-13H,1-2H3,(H,24,28)(H,25,27). The van der Waals surface area contributed by atoms with Crippen molar-refractivity contribution in [3.8, 4) is 0 Å². The second-order valence-corrected chi connectivity index (χ2v) is 8.37. The number of nitrogens with zero attached hydrogens (tertiary/aromatic N) is 2. The van der Waals surface area contributed by atoms with Gasteiger partial charge in [-0.1, -0.05) is 16.6 Å². The fourth-order valence-corrected chi connectivity index (χ4v) is 3.67. The van der Waals surface area contributed by atoms with E-state index >= 15 is 0 Å². The molecule has 1 aromatic heterocycles. The van der Waals surface area contributed by atoms with Crippen LogP contribution >= 0.6 is 0 Å². The van der Waals surface area contributed by atoms with Crippen LogP contribution in [0.2, 0.25) is 0 Å². The largest absolute Gasteiger partial charge is 0.320 e. The van der Waals surface area contributed by atoms with Crippen molar-refractivity contribution in [1.29, 1.82) is 0 Å². The van der Waals surface area contributed by atoms with Gasteiger partial charge in [-0.2, -0.15) is 0 Å². The molecule has 0 aliphatic rings. The molecule has 0 aliphatic carbocycles. The molecule has 1 heterocycles. The Kier molecular flexibility index (Phi) is 6.93. The van der Waals surface area contributed by atoms with Crippen LogP contribution < -0.4 is 10.6 Å². The minimum absolute atomic E-state index is 0.00171. The van der Waals surface area contributed by atoms with Gasteiger partial charge in [-0.25, -0.2) is 12.8 Å². The predicted octanol–water partition coefficient (Wildman–Crippen LogP) is 2.91. The Labute approximate surface area is 183 Å². The summed E-state index contributed by atoms with van der Waals surface area (Å²) in [4.78, 5) is 33.6. The molecule has 2 aromatic carbocycles. The van der Waals surface area contributed by atoms with E-state index in [0.29, 0.717) is 4.47 Å². The van der Waals surface area contributed by atoms with Gasteiger partial charge in [0.1, 0.15) is 11.5 Å². The van der Waals surface area contributed by atoms with E-state index in [9.17, 15) is 22.4 Å². The van der Waals surface area contributed by atoms with Gasteiger partial charge in [-0.15, -0.1) is 0 Å². The van der Waals surface area contributed by atoms with E-state index in [2.05, 4.69) is 15.6 Å². The summed E-state index contributed by atoms with van der Waals surface area (Å²) in [6, 6.07) is 13.5. The molecule has 9 nitrogen and oxygen atoms in total. The Balaban J connectivity index is 1.86. The average molecular weight is 458 g/mol. The summed E-state index contributed by atoms with van der Waals surface area (Å²) in [5.74, 6) is -1.90. The first-order valence-corrected chi connectivity index (χ1v) is 10.6. The molecular formula is C21H19FN4O5S. The molecule has 11 heteroatoms. The molecule has 0 fully saturated rings. The van der Waals surface area contributed by atoms with Crippen LogP contribution in [0.25, 0.3) is 0 Å². The van der Waals surface area contributed by atoms with Crippen LogP contribution in [0.5, 0.6) is 0 Å². The zero-order valence-corrected chi connectivity index (χ0v) is 17.9. The second-order valence-electron chi connectivity index (χ2n) is 6.44. The van der Waals surface area contributed by atoms with E-state index in [-0.39, 0.29) is 27.5 Å². The number of pyridine rings is 1. The van der Waals surface area contributed by atoms with E-state index in [0.717, 1.165) is 18.2 Å². The number of aromatic nitrogens is 1. The van der Waals surface area contributed by atoms with Gasteiger partial charge in [0.15, 0.2) is 0 Å². The zero-order chi connectivity index (χ0) is 23.3. The highest BCUT2D eigenvalue weighted by Gasteiger charge is 2.22. The number of hydroxylamine groups is 1. The van der Waals surface area contributed by atoms with Crippen LogP contribution in [0.15, 0.2) is 71.8 Å². The van der Waals surface area contributed by atoms with Gasteiger partial charge in [-0.3, -0.25) is 19.4 Å². The van der Waals surface area contributed by atoms with Crippen molar-refractivity contribution in [1.82, 2.24) is 9.45 Å². The predicted molar refractivity (Wildman–Crippen MR) is 115 cm³/mol. The molecule has 32 heavy (non-hydrogen) atoms. The Morgan fingerprint density at radius 1 is 0.969 bits per heavy atom. The first-order valence-electron chi connectivity index (χ1n) is 9.19. The summed E-state index contributed by atoms with van der Waals surface area (Å²) in [5, 5.41) is 5.06. The van der Waals surface area contributed by atoms with E-state index < -0.39 is 27.7 Å². The average Bonchev–Trinajstić information content (AvgIpc) is 2.80. The first kappa shape index (κ1) is 23.0. The molecule has 0 saturated heterocycles. The number of rotatable bonds is 7. The number of carbonyl (C=O) groups excluding carboxylic acids is 2. The molecule has 0 saturated carbocycles. The normalized spacial score (nSPS) is 11.2. The maximum atomic E-state index is 13.8. The summed E-state index contributed by atoms with van der Waals surface area (Å²) in [5.41, 5.74) is 0.260. The summed E-state index contributed by atoms with van der Waals surface area (Å²) in [6.45, 7) is 0. The Morgan fingerprint density at radius 2 is 1.72 bits per heavy atom. The van der Waals surface area contributed by atoms with Crippen LogP contribution in [0.1, 0.15) is 20.8 Å². The minimum Gasteiger partial charge on any atom is -0.320 e. The minimum atomic E-state index is -3.97. The smallest absolute Gasteiger partial charge is 0.274 e. The summed E-state index contributed by atoms with van der Waals surface area (Å²) in [6.07, 6.45) is 1.45. The van der Waals surface area contributed by atoms with Crippen LogP contribution in [0, 0.1) is 5.82 Å². The SMILES string of the molecule is CON(C)S(=O)(=O)c1cccc(C(=O)Nc2cc(F)ccc2NC(=O)c2ccccn2)c1. The van der Waals surface area contributed by atoms with E-state index in [1.54, 1.807) is 12.1 Å². The number of sulfonamides is 1. The van der Waals surface area contributed by atoms with Crippen molar-refractivity contribution >= 4 is 33.2 Å². The molecule has 0 atom stereocenters. The van der Waals surface area contributed by atoms with Gasteiger partial charge < -0.3 is 10.6 Å². The molecule has 2 amide bonds. The van der Waals surface area contributed by atoms with Crippen molar-refractivity contribution in [3.63, 3.8) is 0 Å². The third-order valence-electron chi connectivity index (χ3n) is 4.37. The zero-order valence-electron chi connectivity index (χ0n) is 17.1. The summed E-state index contributed by atoms with van der Waals surface area (Å²) >= 11 is 0. The number of amides is 2. The lowest BCUT2D eigenvalue weighted by Gasteiger charge is -2.15. The van der Waals surface area contributed by atoms with E-state index in [1.165, 1.54) is 50.7 Å². The number of anilines is 2. The molecule has 0 unspecified atom stereocenters. The third kappa shape index (κ3) is 5.14.